The Bertz CT molecular complexity index is 763. The Hall–Kier alpha value is -1.63. The maximum atomic E-state index is 12.0. The van der Waals surface area contributed by atoms with Crippen LogP contribution in [0, 0.1) is 0 Å². The smallest absolute Gasteiger partial charge is 0.325 e. The van der Waals surface area contributed by atoms with Gasteiger partial charge in [0.2, 0.25) is 0 Å². The monoisotopic (exact) mass is 391 g/mol. The molecule has 1 atom stereocenters. The first-order chi connectivity index (χ1) is 11.5. The molecule has 1 aliphatic heterocycles. The first-order valence-corrected chi connectivity index (χ1v) is 8.85. The van der Waals surface area contributed by atoms with Gasteiger partial charge in [-0.3, -0.25) is 14.6 Å². The van der Waals surface area contributed by atoms with Gasteiger partial charge in [0.15, 0.2) is 0 Å². The Morgan fingerprint density at radius 2 is 2.08 bits per heavy atom. The van der Waals surface area contributed by atoms with Crippen LogP contribution >= 0.6 is 15.9 Å². The van der Waals surface area contributed by atoms with Crippen LogP contribution in [-0.2, 0) is 4.79 Å². The lowest BCUT2D eigenvalue weighted by Gasteiger charge is -2.37. The third-order valence-electron chi connectivity index (χ3n) is 4.47. The highest BCUT2D eigenvalue weighted by atomic mass is 79.9. The molecule has 0 amide bonds. The number of carbonyl (C=O) groups is 1. The molecule has 2 aromatic rings. The van der Waals surface area contributed by atoms with Crippen LogP contribution in [0.15, 0.2) is 41.0 Å². The van der Waals surface area contributed by atoms with Crippen molar-refractivity contribution in [2.75, 3.05) is 32.7 Å². The molecule has 1 aliphatic rings. The van der Waals surface area contributed by atoms with Gasteiger partial charge >= 0.3 is 5.97 Å². The molecule has 6 heteroatoms. The van der Waals surface area contributed by atoms with Crippen molar-refractivity contribution >= 4 is 32.8 Å². The zero-order valence-electron chi connectivity index (χ0n) is 13.8. The quantitative estimate of drug-likeness (QED) is 0.767. The summed E-state index contributed by atoms with van der Waals surface area (Å²) in [6.07, 6.45) is 1.83. The van der Waals surface area contributed by atoms with Crippen LogP contribution in [0.5, 0.6) is 0 Å². The standard InChI is InChI=1S/C18H22BrN3O2/c1-12(2)11-21-5-7-22(8-6-21)17(18(23)24)15-10-20-16-4-3-13(19)9-14(15)16/h3-4,9-10,17,20H,1,5-8,11H2,2H3,(H,23,24)/t17-/m0/s1. The maximum Gasteiger partial charge on any atom is 0.325 e. The average Bonchev–Trinajstić information content (AvgIpc) is 2.91. The predicted octanol–water partition coefficient (Wildman–Crippen LogP) is 3.25. The summed E-state index contributed by atoms with van der Waals surface area (Å²) in [4.78, 5) is 19.6. The number of aromatic nitrogens is 1. The summed E-state index contributed by atoms with van der Waals surface area (Å²) in [6, 6.07) is 5.27. The number of hydrogen-bond donors (Lipinski definition) is 2. The molecule has 0 aliphatic carbocycles. The van der Waals surface area contributed by atoms with Gasteiger partial charge in [-0.15, -0.1) is 0 Å². The van der Waals surface area contributed by atoms with E-state index in [2.05, 4.69) is 37.3 Å². The van der Waals surface area contributed by atoms with Gasteiger partial charge in [0.1, 0.15) is 6.04 Å². The molecule has 1 aromatic carbocycles. The first-order valence-electron chi connectivity index (χ1n) is 8.06. The number of nitrogens with zero attached hydrogens (tertiary/aromatic N) is 2. The number of aliphatic carboxylic acids is 1. The SMILES string of the molecule is C=C(C)CN1CCN([C@H](C(=O)O)c2c[nH]c3ccc(Br)cc23)CC1. The second-order valence-corrected chi connectivity index (χ2v) is 7.36. The zero-order valence-corrected chi connectivity index (χ0v) is 15.3. The van der Waals surface area contributed by atoms with Crippen molar-refractivity contribution in [3.8, 4) is 0 Å². The van der Waals surface area contributed by atoms with Gasteiger partial charge in [-0.1, -0.05) is 28.1 Å². The normalized spacial score (nSPS) is 17.9. The van der Waals surface area contributed by atoms with Gasteiger partial charge in [-0.25, -0.2) is 0 Å². The summed E-state index contributed by atoms with van der Waals surface area (Å²) >= 11 is 3.47. The Morgan fingerprint density at radius 1 is 1.38 bits per heavy atom. The van der Waals surface area contributed by atoms with Crippen LogP contribution in [0.25, 0.3) is 10.9 Å². The van der Waals surface area contributed by atoms with E-state index in [4.69, 9.17) is 0 Å². The van der Waals surface area contributed by atoms with Crippen molar-refractivity contribution in [3.63, 3.8) is 0 Å². The number of nitrogens with one attached hydrogen (secondary N) is 1. The largest absolute Gasteiger partial charge is 0.480 e. The number of rotatable bonds is 5. The minimum atomic E-state index is -0.802. The van der Waals surface area contributed by atoms with Crippen LogP contribution in [0.2, 0.25) is 0 Å². The van der Waals surface area contributed by atoms with Gasteiger partial charge < -0.3 is 10.1 Å². The molecule has 0 radical (unpaired) electrons. The summed E-state index contributed by atoms with van der Waals surface area (Å²) in [5.74, 6) is -0.802. The van der Waals surface area contributed by atoms with E-state index in [-0.39, 0.29) is 0 Å². The van der Waals surface area contributed by atoms with Crippen LogP contribution < -0.4 is 0 Å². The number of carboxylic acid groups (broad SMARTS) is 1. The highest BCUT2D eigenvalue weighted by Crippen LogP contribution is 2.31. The molecule has 0 bridgehead atoms. The minimum absolute atomic E-state index is 0.625. The molecular formula is C18H22BrN3O2. The third-order valence-corrected chi connectivity index (χ3v) is 4.96. The van der Waals surface area contributed by atoms with E-state index in [0.717, 1.165) is 59.2 Å². The fraction of sp³-hybridized carbons (Fsp3) is 0.389. The Labute approximate surface area is 150 Å². The van der Waals surface area contributed by atoms with Gasteiger partial charge in [0.05, 0.1) is 0 Å². The number of piperazine rings is 1. The molecule has 3 rings (SSSR count). The molecule has 2 heterocycles. The summed E-state index contributed by atoms with van der Waals surface area (Å²) < 4.78 is 0.950. The highest BCUT2D eigenvalue weighted by Gasteiger charge is 2.32. The van der Waals surface area contributed by atoms with Crippen LogP contribution in [0.3, 0.4) is 0 Å². The molecule has 128 valence electrons. The molecule has 0 spiro atoms. The van der Waals surface area contributed by atoms with Gasteiger partial charge in [0.25, 0.3) is 0 Å². The van der Waals surface area contributed by atoms with E-state index in [1.807, 2.05) is 31.3 Å². The summed E-state index contributed by atoms with van der Waals surface area (Å²) in [5.41, 5.74) is 2.92. The van der Waals surface area contributed by atoms with E-state index in [1.54, 1.807) is 0 Å². The lowest BCUT2D eigenvalue weighted by Crippen LogP contribution is -2.49. The van der Waals surface area contributed by atoms with Crippen LogP contribution in [-0.4, -0.2) is 58.6 Å². The molecule has 24 heavy (non-hydrogen) atoms. The molecule has 5 nitrogen and oxygen atoms in total. The van der Waals surface area contributed by atoms with Crippen molar-refractivity contribution in [3.05, 3.63) is 46.6 Å². The predicted molar refractivity (Wildman–Crippen MR) is 99.2 cm³/mol. The fourth-order valence-corrected chi connectivity index (χ4v) is 3.75. The number of hydrogen-bond acceptors (Lipinski definition) is 3. The lowest BCUT2D eigenvalue weighted by atomic mass is 10.0. The van der Waals surface area contributed by atoms with Crippen molar-refractivity contribution < 1.29 is 9.90 Å². The van der Waals surface area contributed by atoms with Crippen molar-refractivity contribution in [2.24, 2.45) is 0 Å². The number of halogens is 1. The summed E-state index contributed by atoms with van der Waals surface area (Å²) in [6.45, 7) is 10.1. The Kier molecular flexibility index (Phi) is 5.08. The third kappa shape index (κ3) is 3.55. The number of H-pyrrole nitrogens is 1. The fourth-order valence-electron chi connectivity index (χ4n) is 3.39. The van der Waals surface area contributed by atoms with E-state index >= 15 is 0 Å². The first kappa shape index (κ1) is 17.2. The number of carboxylic acids is 1. The summed E-state index contributed by atoms with van der Waals surface area (Å²) in [7, 11) is 0. The van der Waals surface area contributed by atoms with E-state index in [0.29, 0.717) is 0 Å². The number of fused-ring (bicyclic) bond motifs is 1. The zero-order chi connectivity index (χ0) is 17.3. The van der Waals surface area contributed by atoms with Crippen molar-refractivity contribution in [1.82, 2.24) is 14.8 Å². The molecule has 1 fully saturated rings. The van der Waals surface area contributed by atoms with E-state index < -0.39 is 12.0 Å². The second-order valence-electron chi connectivity index (χ2n) is 6.44. The minimum Gasteiger partial charge on any atom is -0.480 e. The Balaban J connectivity index is 1.84. The second kappa shape index (κ2) is 7.09. The Morgan fingerprint density at radius 3 is 2.71 bits per heavy atom. The number of benzene rings is 1. The summed E-state index contributed by atoms with van der Waals surface area (Å²) in [5, 5.41) is 10.8. The molecule has 1 aromatic heterocycles. The van der Waals surface area contributed by atoms with Gasteiger partial charge in [-0.05, 0) is 25.1 Å². The van der Waals surface area contributed by atoms with E-state index in [1.165, 1.54) is 0 Å². The lowest BCUT2D eigenvalue weighted by molar-refractivity contribution is -0.144. The molecule has 0 unspecified atom stereocenters. The average molecular weight is 392 g/mol. The maximum absolute atomic E-state index is 12.0. The number of aromatic amines is 1. The van der Waals surface area contributed by atoms with E-state index in [9.17, 15) is 9.90 Å². The van der Waals surface area contributed by atoms with Crippen molar-refractivity contribution in [1.29, 1.82) is 0 Å². The van der Waals surface area contributed by atoms with Crippen molar-refractivity contribution in [2.45, 2.75) is 13.0 Å². The molecular weight excluding hydrogens is 370 g/mol. The highest BCUT2D eigenvalue weighted by molar-refractivity contribution is 9.10. The van der Waals surface area contributed by atoms with Gasteiger partial charge in [-0.2, -0.15) is 0 Å². The molecule has 1 saturated heterocycles. The van der Waals surface area contributed by atoms with Gasteiger partial charge in [0, 0.05) is 59.9 Å². The molecule has 2 N–H and O–H groups in total. The van der Waals surface area contributed by atoms with Crippen LogP contribution in [0.1, 0.15) is 18.5 Å². The van der Waals surface area contributed by atoms with Crippen LogP contribution in [0.4, 0.5) is 0 Å². The topological polar surface area (TPSA) is 59.6 Å². The molecule has 0 saturated carbocycles.